The lowest BCUT2D eigenvalue weighted by Crippen LogP contribution is -2.25. The minimum Gasteiger partial charge on any atom is -0.459 e. The average Bonchev–Trinajstić information content (AvgIpc) is 2.20. The maximum atomic E-state index is 10.8. The van der Waals surface area contributed by atoms with Crippen LogP contribution in [-0.2, 0) is 9.53 Å². The number of esters is 1. The highest BCUT2D eigenvalue weighted by Gasteiger charge is 2.48. The van der Waals surface area contributed by atoms with Crippen molar-refractivity contribution in [2.75, 3.05) is 0 Å². The Morgan fingerprint density at radius 1 is 1.70 bits per heavy atom. The van der Waals surface area contributed by atoms with Gasteiger partial charge in [0.15, 0.2) is 0 Å². The van der Waals surface area contributed by atoms with E-state index in [2.05, 4.69) is 6.92 Å². The standard InChI is InChI=1S/C8H12O2/c1-8-4-2-3-6(8)5-7(9)10-8/h6H,2-5H2,1H3/t6-,8-/m1/s1. The molecule has 2 fully saturated rings. The maximum Gasteiger partial charge on any atom is 0.306 e. The fourth-order valence-corrected chi connectivity index (χ4v) is 2.16. The van der Waals surface area contributed by atoms with Gasteiger partial charge < -0.3 is 4.74 Å². The summed E-state index contributed by atoms with van der Waals surface area (Å²) in [5.74, 6) is 0.534. The van der Waals surface area contributed by atoms with E-state index in [1.165, 1.54) is 12.8 Å². The number of fused-ring (bicyclic) bond motifs is 1. The molecular weight excluding hydrogens is 128 g/mol. The molecule has 0 N–H and O–H groups in total. The molecule has 2 rings (SSSR count). The van der Waals surface area contributed by atoms with Crippen molar-refractivity contribution in [1.29, 1.82) is 0 Å². The third-order valence-corrected chi connectivity index (χ3v) is 2.85. The Hall–Kier alpha value is -0.530. The molecule has 0 unspecified atom stereocenters. The van der Waals surface area contributed by atoms with Crippen LogP contribution in [0.5, 0.6) is 0 Å². The molecule has 2 aliphatic rings. The molecular formula is C8H12O2. The van der Waals surface area contributed by atoms with Crippen LogP contribution in [0.4, 0.5) is 0 Å². The van der Waals surface area contributed by atoms with Gasteiger partial charge in [-0.1, -0.05) is 0 Å². The lowest BCUT2D eigenvalue weighted by Gasteiger charge is -2.20. The van der Waals surface area contributed by atoms with Gasteiger partial charge in [0.2, 0.25) is 0 Å². The van der Waals surface area contributed by atoms with Gasteiger partial charge in [-0.25, -0.2) is 0 Å². The fourth-order valence-electron chi connectivity index (χ4n) is 2.16. The molecule has 0 aromatic carbocycles. The molecule has 10 heavy (non-hydrogen) atoms. The minimum absolute atomic E-state index is 0.00667. The summed E-state index contributed by atoms with van der Waals surface area (Å²) in [7, 11) is 0. The molecule has 1 heterocycles. The Kier molecular flexibility index (Phi) is 1.08. The number of rotatable bonds is 0. The highest BCUT2D eigenvalue weighted by Crippen LogP contribution is 2.45. The van der Waals surface area contributed by atoms with Crippen LogP contribution in [0.2, 0.25) is 0 Å². The molecule has 0 aromatic heterocycles. The molecule has 2 atom stereocenters. The van der Waals surface area contributed by atoms with E-state index in [4.69, 9.17) is 4.74 Å². The van der Waals surface area contributed by atoms with Crippen molar-refractivity contribution in [3.63, 3.8) is 0 Å². The molecule has 2 nitrogen and oxygen atoms in total. The topological polar surface area (TPSA) is 26.3 Å². The summed E-state index contributed by atoms with van der Waals surface area (Å²) in [6.45, 7) is 2.07. The third-order valence-electron chi connectivity index (χ3n) is 2.85. The predicted molar refractivity (Wildman–Crippen MR) is 36.5 cm³/mol. The fraction of sp³-hybridized carbons (Fsp3) is 0.875. The Morgan fingerprint density at radius 2 is 2.50 bits per heavy atom. The Morgan fingerprint density at radius 3 is 3.20 bits per heavy atom. The molecule has 0 spiro atoms. The van der Waals surface area contributed by atoms with Gasteiger partial charge in [-0.15, -0.1) is 0 Å². The molecule has 56 valence electrons. The van der Waals surface area contributed by atoms with Crippen LogP contribution in [0, 0.1) is 5.92 Å². The van der Waals surface area contributed by atoms with Gasteiger partial charge >= 0.3 is 5.97 Å². The number of carbonyl (C=O) groups is 1. The normalized spacial score (nSPS) is 45.3. The quantitative estimate of drug-likeness (QED) is 0.476. The SMILES string of the molecule is C[C@@]12CCC[C@@H]1CC(=O)O2. The van der Waals surface area contributed by atoms with Crippen LogP contribution in [0.25, 0.3) is 0 Å². The highest BCUT2D eigenvalue weighted by atomic mass is 16.6. The summed E-state index contributed by atoms with van der Waals surface area (Å²) in [6, 6.07) is 0. The summed E-state index contributed by atoms with van der Waals surface area (Å²) in [5, 5.41) is 0. The lowest BCUT2D eigenvalue weighted by atomic mass is 9.93. The second-order valence-electron chi connectivity index (χ2n) is 3.58. The molecule has 0 radical (unpaired) electrons. The van der Waals surface area contributed by atoms with Crippen LogP contribution in [0.1, 0.15) is 32.6 Å². The summed E-state index contributed by atoms with van der Waals surface area (Å²) in [4.78, 5) is 10.8. The lowest BCUT2D eigenvalue weighted by molar-refractivity contribution is -0.147. The predicted octanol–water partition coefficient (Wildman–Crippen LogP) is 1.49. The van der Waals surface area contributed by atoms with E-state index in [0.29, 0.717) is 12.3 Å². The zero-order chi connectivity index (χ0) is 7.19. The van der Waals surface area contributed by atoms with Crippen molar-refractivity contribution in [3.8, 4) is 0 Å². The second-order valence-corrected chi connectivity index (χ2v) is 3.58. The van der Waals surface area contributed by atoms with Gasteiger partial charge in [0.1, 0.15) is 5.60 Å². The van der Waals surface area contributed by atoms with Crippen molar-refractivity contribution < 1.29 is 9.53 Å². The minimum atomic E-state index is -0.0723. The smallest absolute Gasteiger partial charge is 0.306 e. The molecule has 0 aromatic rings. The van der Waals surface area contributed by atoms with Gasteiger partial charge in [-0.3, -0.25) is 4.79 Å². The van der Waals surface area contributed by atoms with Crippen molar-refractivity contribution in [1.82, 2.24) is 0 Å². The van der Waals surface area contributed by atoms with Gasteiger partial charge in [0, 0.05) is 5.92 Å². The van der Waals surface area contributed by atoms with Gasteiger partial charge in [-0.2, -0.15) is 0 Å². The molecule has 1 aliphatic heterocycles. The number of carbonyl (C=O) groups excluding carboxylic acids is 1. The van der Waals surface area contributed by atoms with Crippen LogP contribution in [-0.4, -0.2) is 11.6 Å². The molecule has 0 amide bonds. The zero-order valence-electron chi connectivity index (χ0n) is 6.22. The Bertz CT molecular complexity index is 176. The van der Waals surface area contributed by atoms with E-state index < -0.39 is 0 Å². The van der Waals surface area contributed by atoms with Crippen molar-refractivity contribution >= 4 is 5.97 Å². The van der Waals surface area contributed by atoms with Gasteiger partial charge in [0.05, 0.1) is 6.42 Å². The van der Waals surface area contributed by atoms with E-state index in [1.54, 1.807) is 0 Å². The van der Waals surface area contributed by atoms with Crippen LogP contribution >= 0.6 is 0 Å². The van der Waals surface area contributed by atoms with Crippen LogP contribution in [0.15, 0.2) is 0 Å². The van der Waals surface area contributed by atoms with Crippen LogP contribution < -0.4 is 0 Å². The first-order valence-electron chi connectivity index (χ1n) is 3.92. The zero-order valence-corrected chi connectivity index (χ0v) is 6.22. The van der Waals surface area contributed by atoms with E-state index in [0.717, 1.165) is 6.42 Å². The largest absolute Gasteiger partial charge is 0.459 e. The van der Waals surface area contributed by atoms with Crippen molar-refractivity contribution in [2.45, 2.75) is 38.2 Å². The Labute approximate surface area is 60.6 Å². The van der Waals surface area contributed by atoms with E-state index >= 15 is 0 Å². The Balaban J connectivity index is 2.22. The number of hydrogen-bond donors (Lipinski definition) is 0. The van der Waals surface area contributed by atoms with E-state index in [9.17, 15) is 4.79 Å². The molecule has 1 saturated carbocycles. The summed E-state index contributed by atoms with van der Waals surface area (Å²) < 4.78 is 5.23. The number of hydrogen-bond acceptors (Lipinski definition) is 2. The van der Waals surface area contributed by atoms with Gasteiger partial charge in [0.25, 0.3) is 0 Å². The molecule has 0 bridgehead atoms. The van der Waals surface area contributed by atoms with Crippen molar-refractivity contribution in [3.05, 3.63) is 0 Å². The third kappa shape index (κ3) is 0.678. The molecule has 1 aliphatic carbocycles. The summed E-state index contributed by atoms with van der Waals surface area (Å²) >= 11 is 0. The first-order valence-corrected chi connectivity index (χ1v) is 3.92. The van der Waals surface area contributed by atoms with Crippen LogP contribution in [0.3, 0.4) is 0 Å². The first kappa shape index (κ1) is 6.20. The van der Waals surface area contributed by atoms with Gasteiger partial charge in [-0.05, 0) is 26.2 Å². The summed E-state index contributed by atoms with van der Waals surface area (Å²) in [5.41, 5.74) is -0.0723. The maximum absolute atomic E-state index is 10.8. The average molecular weight is 140 g/mol. The highest BCUT2D eigenvalue weighted by molar-refractivity contribution is 5.73. The van der Waals surface area contributed by atoms with E-state index in [1.807, 2.05) is 0 Å². The number of ether oxygens (including phenoxy) is 1. The van der Waals surface area contributed by atoms with E-state index in [-0.39, 0.29) is 11.6 Å². The second kappa shape index (κ2) is 1.74. The molecule has 1 saturated heterocycles. The molecule has 2 heteroatoms. The first-order chi connectivity index (χ1) is 4.71. The summed E-state index contributed by atoms with van der Waals surface area (Å²) in [6.07, 6.45) is 4.15. The van der Waals surface area contributed by atoms with Crippen molar-refractivity contribution in [2.24, 2.45) is 5.92 Å². The monoisotopic (exact) mass is 140 g/mol.